The molecule has 1 fully saturated rings. The zero-order valence-corrected chi connectivity index (χ0v) is 10.7. The molecular weight excluding hydrogens is 194 g/mol. The van der Waals surface area contributed by atoms with Gasteiger partial charge in [-0.2, -0.15) is 0 Å². The van der Waals surface area contributed by atoms with Gasteiger partial charge in [0.05, 0.1) is 0 Å². The van der Waals surface area contributed by atoms with Gasteiger partial charge in [-0.05, 0) is 41.8 Å². The van der Waals surface area contributed by atoms with Crippen LogP contribution in [0, 0.1) is 5.92 Å². The highest BCUT2D eigenvalue weighted by Gasteiger charge is 2.20. The molecule has 1 aromatic rings. The van der Waals surface area contributed by atoms with Gasteiger partial charge >= 0.3 is 0 Å². The summed E-state index contributed by atoms with van der Waals surface area (Å²) in [7, 11) is 0. The molecule has 0 aromatic heterocycles. The van der Waals surface area contributed by atoms with E-state index in [0.29, 0.717) is 0 Å². The first kappa shape index (κ1) is 11.7. The van der Waals surface area contributed by atoms with Gasteiger partial charge in [0.15, 0.2) is 0 Å². The third kappa shape index (κ3) is 3.34. The molecule has 1 saturated carbocycles. The van der Waals surface area contributed by atoms with E-state index in [4.69, 9.17) is 0 Å². The standard InChI is InChI=1S/C15H23N/c1-15(2,3)14-6-4-5-13(9-14)11-16-10-12-7-8-12/h4-6,9,12,16H,7-8,10-11H2,1-3H3. The maximum atomic E-state index is 3.54. The number of rotatable bonds is 4. The van der Waals surface area contributed by atoms with Crippen molar-refractivity contribution in [2.45, 2.75) is 45.6 Å². The van der Waals surface area contributed by atoms with Gasteiger partial charge in [0.25, 0.3) is 0 Å². The molecule has 0 saturated heterocycles. The van der Waals surface area contributed by atoms with E-state index < -0.39 is 0 Å². The fourth-order valence-electron chi connectivity index (χ4n) is 1.89. The van der Waals surface area contributed by atoms with E-state index in [1.54, 1.807) is 0 Å². The van der Waals surface area contributed by atoms with Crippen LogP contribution in [0.1, 0.15) is 44.7 Å². The zero-order valence-electron chi connectivity index (χ0n) is 10.7. The van der Waals surface area contributed by atoms with E-state index in [-0.39, 0.29) is 5.41 Å². The SMILES string of the molecule is CC(C)(C)c1cccc(CNCC2CC2)c1. The van der Waals surface area contributed by atoms with Crippen molar-refractivity contribution < 1.29 is 0 Å². The fourth-order valence-corrected chi connectivity index (χ4v) is 1.89. The summed E-state index contributed by atoms with van der Waals surface area (Å²) < 4.78 is 0. The molecule has 0 heterocycles. The summed E-state index contributed by atoms with van der Waals surface area (Å²) in [6.45, 7) is 9.01. The van der Waals surface area contributed by atoms with E-state index in [1.165, 1.54) is 30.5 Å². The molecule has 1 aliphatic carbocycles. The Hall–Kier alpha value is -0.820. The molecule has 0 amide bonds. The van der Waals surface area contributed by atoms with E-state index >= 15 is 0 Å². The first-order valence-electron chi connectivity index (χ1n) is 6.36. The van der Waals surface area contributed by atoms with Crippen LogP contribution < -0.4 is 5.32 Å². The van der Waals surface area contributed by atoms with Crippen molar-refractivity contribution in [2.24, 2.45) is 5.92 Å². The van der Waals surface area contributed by atoms with Crippen molar-refractivity contribution >= 4 is 0 Å². The highest BCUT2D eigenvalue weighted by atomic mass is 14.9. The van der Waals surface area contributed by atoms with Gasteiger partial charge < -0.3 is 5.32 Å². The smallest absolute Gasteiger partial charge is 0.0205 e. The predicted molar refractivity (Wildman–Crippen MR) is 69.6 cm³/mol. The summed E-state index contributed by atoms with van der Waals surface area (Å²) in [5, 5.41) is 3.54. The van der Waals surface area contributed by atoms with Crippen molar-refractivity contribution in [1.82, 2.24) is 5.32 Å². The van der Waals surface area contributed by atoms with Crippen molar-refractivity contribution in [3.63, 3.8) is 0 Å². The highest BCUT2D eigenvalue weighted by Crippen LogP contribution is 2.27. The van der Waals surface area contributed by atoms with Gasteiger partial charge in [-0.1, -0.05) is 45.0 Å². The number of hydrogen-bond donors (Lipinski definition) is 1. The van der Waals surface area contributed by atoms with Crippen molar-refractivity contribution in [3.05, 3.63) is 35.4 Å². The molecule has 1 heteroatoms. The van der Waals surface area contributed by atoms with Crippen LogP contribution in [-0.4, -0.2) is 6.54 Å². The number of benzene rings is 1. The summed E-state index contributed by atoms with van der Waals surface area (Å²) in [5.41, 5.74) is 3.10. The summed E-state index contributed by atoms with van der Waals surface area (Å²) in [6.07, 6.45) is 2.85. The van der Waals surface area contributed by atoms with Gasteiger partial charge in [0.2, 0.25) is 0 Å². The minimum absolute atomic E-state index is 0.256. The largest absolute Gasteiger partial charge is 0.312 e. The highest BCUT2D eigenvalue weighted by molar-refractivity contribution is 5.28. The maximum absolute atomic E-state index is 3.54. The van der Waals surface area contributed by atoms with Gasteiger partial charge in [-0.25, -0.2) is 0 Å². The summed E-state index contributed by atoms with van der Waals surface area (Å²) >= 11 is 0. The zero-order chi connectivity index (χ0) is 11.6. The Morgan fingerprint density at radius 3 is 2.62 bits per heavy atom. The van der Waals surface area contributed by atoms with Crippen LogP contribution in [0.3, 0.4) is 0 Å². The topological polar surface area (TPSA) is 12.0 Å². The molecule has 0 bridgehead atoms. The third-order valence-electron chi connectivity index (χ3n) is 3.25. The van der Waals surface area contributed by atoms with E-state index in [1.807, 2.05) is 0 Å². The fraction of sp³-hybridized carbons (Fsp3) is 0.600. The molecule has 1 N–H and O–H groups in total. The molecule has 0 atom stereocenters. The van der Waals surface area contributed by atoms with Crippen LogP contribution in [0.15, 0.2) is 24.3 Å². The lowest BCUT2D eigenvalue weighted by molar-refractivity contribution is 0.586. The Bertz CT molecular complexity index is 345. The molecule has 1 nitrogen and oxygen atoms in total. The van der Waals surface area contributed by atoms with E-state index in [9.17, 15) is 0 Å². The number of nitrogens with one attached hydrogen (secondary N) is 1. The van der Waals surface area contributed by atoms with Crippen LogP contribution in [0.2, 0.25) is 0 Å². The minimum Gasteiger partial charge on any atom is -0.312 e. The van der Waals surface area contributed by atoms with Crippen molar-refractivity contribution in [1.29, 1.82) is 0 Å². The quantitative estimate of drug-likeness (QED) is 0.814. The molecular formula is C15H23N. The monoisotopic (exact) mass is 217 g/mol. The molecule has 0 radical (unpaired) electrons. The Morgan fingerprint density at radius 1 is 1.25 bits per heavy atom. The minimum atomic E-state index is 0.256. The summed E-state index contributed by atoms with van der Waals surface area (Å²) in [5.74, 6) is 0.964. The van der Waals surface area contributed by atoms with Gasteiger partial charge in [0.1, 0.15) is 0 Å². The first-order valence-corrected chi connectivity index (χ1v) is 6.36. The second kappa shape index (κ2) is 4.58. The van der Waals surface area contributed by atoms with Crippen molar-refractivity contribution in [3.8, 4) is 0 Å². The molecule has 0 spiro atoms. The Morgan fingerprint density at radius 2 is 2.00 bits per heavy atom. The van der Waals surface area contributed by atoms with E-state index in [2.05, 4.69) is 50.4 Å². The average Bonchev–Trinajstić information content (AvgIpc) is 3.01. The lowest BCUT2D eigenvalue weighted by Crippen LogP contribution is -2.17. The summed E-state index contributed by atoms with van der Waals surface area (Å²) in [4.78, 5) is 0. The molecule has 0 unspecified atom stereocenters. The Balaban J connectivity index is 1.92. The Labute approximate surface area is 99.3 Å². The third-order valence-corrected chi connectivity index (χ3v) is 3.25. The molecule has 0 aliphatic heterocycles. The second-order valence-electron chi connectivity index (χ2n) is 6.02. The summed E-state index contributed by atoms with van der Waals surface area (Å²) in [6, 6.07) is 8.95. The first-order chi connectivity index (χ1) is 7.55. The number of hydrogen-bond acceptors (Lipinski definition) is 1. The second-order valence-corrected chi connectivity index (χ2v) is 6.02. The van der Waals surface area contributed by atoms with Crippen LogP contribution in [0.5, 0.6) is 0 Å². The lowest BCUT2D eigenvalue weighted by atomic mass is 9.86. The van der Waals surface area contributed by atoms with Crippen LogP contribution in [0.4, 0.5) is 0 Å². The van der Waals surface area contributed by atoms with Crippen LogP contribution in [-0.2, 0) is 12.0 Å². The lowest BCUT2D eigenvalue weighted by Gasteiger charge is -2.19. The molecule has 2 rings (SSSR count). The molecule has 1 aliphatic rings. The van der Waals surface area contributed by atoms with Gasteiger partial charge in [0, 0.05) is 6.54 Å². The normalized spacial score (nSPS) is 16.4. The average molecular weight is 217 g/mol. The van der Waals surface area contributed by atoms with E-state index in [0.717, 1.165) is 12.5 Å². The van der Waals surface area contributed by atoms with Crippen LogP contribution in [0.25, 0.3) is 0 Å². The van der Waals surface area contributed by atoms with Crippen LogP contribution >= 0.6 is 0 Å². The van der Waals surface area contributed by atoms with Gasteiger partial charge in [-0.3, -0.25) is 0 Å². The van der Waals surface area contributed by atoms with Gasteiger partial charge in [-0.15, -0.1) is 0 Å². The van der Waals surface area contributed by atoms with Crippen molar-refractivity contribution in [2.75, 3.05) is 6.54 Å². The molecule has 1 aromatic carbocycles. The maximum Gasteiger partial charge on any atom is 0.0205 e. The predicted octanol–water partition coefficient (Wildman–Crippen LogP) is 3.48. The molecule has 88 valence electrons. The molecule has 16 heavy (non-hydrogen) atoms. The Kier molecular flexibility index (Phi) is 3.34.